The molecule has 2 aromatic carbocycles. The lowest BCUT2D eigenvalue weighted by molar-refractivity contribution is -0.384. The average Bonchev–Trinajstić information content (AvgIpc) is 2.72. The number of nitrogens with one attached hydrogen (secondary N) is 1. The number of aryl methyl sites for hydroxylation is 1. The lowest BCUT2D eigenvalue weighted by atomic mass is 10.2. The summed E-state index contributed by atoms with van der Waals surface area (Å²) >= 11 is 0. The summed E-state index contributed by atoms with van der Waals surface area (Å²) < 4.78 is 1.24. The van der Waals surface area contributed by atoms with Gasteiger partial charge < -0.3 is 10.2 Å². The summed E-state index contributed by atoms with van der Waals surface area (Å²) in [5, 5.41) is 18.1. The first kappa shape index (κ1) is 20.7. The van der Waals surface area contributed by atoms with Crippen LogP contribution in [0.15, 0.2) is 59.4 Å². The van der Waals surface area contributed by atoms with Crippen LogP contribution < -0.4 is 15.6 Å². The smallest absolute Gasteiger partial charge is 0.294 e. The molecule has 30 heavy (non-hydrogen) atoms. The highest BCUT2D eigenvalue weighted by atomic mass is 16.6. The number of nitrogens with zero attached hydrogens (tertiary/aromatic N) is 4. The van der Waals surface area contributed by atoms with E-state index in [4.69, 9.17) is 0 Å². The second-order valence-corrected chi connectivity index (χ2v) is 6.90. The third-order valence-electron chi connectivity index (χ3n) is 4.53. The van der Waals surface area contributed by atoms with E-state index in [1.807, 2.05) is 43.3 Å². The average molecular weight is 407 g/mol. The van der Waals surface area contributed by atoms with E-state index in [0.29, 0.717) is 5.69 Å². The molecule has 9 nitrogen and oxygen atoms in total. The van der Waals surface area contributed by atoms with E-state index in [9.17, 15) is 19.7 Å². The molecule has 0 aliphatic heterocycles. The Balaban J connectivity index is 1.88. The molecule has 154 valence electrons. The van der Waals surface area contributed by atoms with E-state index >= 15 is 0 Å². The van der Waals surface area contributed by atoms with Gasteiger partial charge in [0.15, 0.2) is 5.69 Å². The number of carbonyl (C=O) groups excluding carboxylic acids is 1. The monoisotopic (exact) mass is 407 g/mol. The van der Waals surface area contributed by atoms with Gasteiger partial charge in [0.1, 0.15) is 5.69 Å². The topological polar surface area (TPSA) is 110 Å². The highest BCUT2D eigenvalue weighted by Gasteiger charge is 2.20. The molecule has 0 unspecified atom stereocenters. The van der Waals surface area contributed by atoms with E-state index in [1.54, 1.807) is 13.0 Å². The molecule has 1 heterocycles. The van der Waals surface area contributed by atoms with Crippen LogP contribution in [0.2, 0.25) is 0 Å². The summed E-state index contributed by atoms with van der Waals surface area (Å²) in [7, 11) is 3.86. The van der Waals surface area contributed by atoms with Crippen molar-refractivity contribution in [1.29, 1.82) is 0 Å². The van der Waals surface area contributed by atoms with Gasteiger partial charge in [-0.05, 0) is 30.7 Å². The van der Waals surface area contributed by atoms with E-state index < -0.39 is 16.3 Å². The fourth-order valence-electron chi connectivity index (χ4n) is 2.92. The van der Waals surface area contributed by atoms with Crippen LogP contribution in [0.3, 0.4) is 0 Å². The van der Waals surface area contributed by atoms with Gasteiger partial charge in [-0.1, -0.05) is 24.3 Å². The van der Waals surface area contributed by atoms with E-state index in [0.717, 1.165) is 11.3 Å². The van der Waals surface area contributed by atoms with E-state index in [2.05, 4.69) is 10.4 Å². The van der Waals surface area contributed by atoms with Crippen molar-refractivity contribution in [3.05, 3.63) is 91.9 Å². The third-order valence-corrected chi connectivity index (χ3v) is 4.53. The van der Waals surface area contributed by atoms with Gasteiger partial charge in [0.2, 0.25) is 5.43 Å². The molecule has 0 atom stereocenters. The minimum atomic E-state index is -0.649. The Kier molecular flexibility index (Phi) is 5.91. The predicted molar refractivity (Wildman–Crippen MR) is 113 cm³/mol. The van der Waals surface area contributed by atoms with Crippen molar-refractivity contribution in [2.45, 2.75) is 13.5 Å². The van der Waals surface area contributed by atoms with E-state index in [-0.39, 0.29) is 23.6 Å². The van der Waals surface area contributed by atoms with Crippen LogP contribution in [-0.4, -0.2) is 34.7 Å². The van der Waals surface area contributed by atoms with Crippen molar-refractivity contribution in [2.24, 2.45) is 0 Å². The number of benzene rings is 2. The van der Waals surface area contributed by atoms with Gasteiger partial charge in [0.25, 0.3) is 11.6 Å². The normalized spacial score (nSPS) is 10.5. The number of nitro benzene ring substituents is 1. The molecule has 3 rings (SSSR count). The maximum absolute atomic E-state index is 12.6. The second-order valence-electron chi connectivity index (χ2n) is 6.90. The van der Waals surface area contributed by atoms with Gasteiger partial charge in [-0.15, -0.1) is 0 Å². The van der Waals surface area contributed by atoms with Crippen LogP contribution in [0.25, 0.3) is 5.69 Å². The number of anilines is 1. The second kappa shape index (κ2) is 8.56. The SMILES string of the molecule is Cc1cc(=O)c(C(=O)NCc2ccc(N(C)C)cc2)nn1-c1ccccc1[N+](=O)[O-]. The molecule has 0 saturated heterocycles. The Morgan fingerprint density at radius 1 is 1.17 bits per heavy atom. The molecule has 0 bridgehead atoms. The number of para-hydroxylation sites is 2. The Labute approximate surface area is 172 Å². The number of rotatable bonds is 6. The molecular weight excluding hydrogens is 386 g/mol. The Bertz CT molecular complexity index is 1150. The summed E-state index contributed by atoms with van der Waals surface area (Å²) in [4.78, 5) is 37.7. The Morgan fingerprint density at radius 3 is 2.47 bits per heavy atom. The van der Waals surface area contributed by atoms with Crippen LogP contribution >= 0.6 is 0 Å². The molecule has 0 aliphatic rings. The molecule has 0 radical (unpaired) electrons. The molecule has 3 aromatic rings. The largest absolute Gasteiger partial charge is 0.378 e. The fraction of sp³-hybridized carbons (Fsp3) is 0.190. The van der Waals surface area contributed by atoms with Crippen molar-refractivity contribution in [1.82, 2.24) is 15.1 Å². The first-order valence-electron chi connectivity index (χ1n) is 9.17. The highest BCUT2D eigenvalue weighted by Crippen LogP contribution is 2.22. The molecule has 1 amide bonds. The van der Waals surface area contributed by atoms with Gasteiger partial charge in [-0.3, -0.25) is 19.7 Å². The number of hydrogen-bond acceptors (Lipinski definition) is 6. The van der Waals surface area contributed by atoms with Crippen molar-refractivity contribution in [3.63, 3.8) is 0 Å². The molecular formula is C21H21N5O4. The van der Waals surface area contributed by atoms with Crippen LogP contribution in [0.1, 0.15) is 21.7 Å². The maximum atomic E-state index is 12.6. The molecule has 1 aromatic heterocycles. The maximum Gasteiger partial charge on any atom is 0.294 e. The van der Waals surface area contributed by atoms with Crippen molar-refractivity contribution < 1.29 is 9.72 Å². The highest BCUT2D eigenvalue weighted by molar-refractivity contribution is 5.92. The lowest BCUT2D eigenvalue weighted by Gasteiger charge is -2.13. The van der Waals surface area contributed by atoms with Gasteiger partial charge in [-0.2, -0.15) is 5.10 Å². The number of amides is 1. The van der Waals surface area contributed by atoms with Crippen molar-refractivity contribution in [3.8, 4) is 5.69 Å². The third kappa shape index (κ3) is 4.35. The summed E-state index contributed by atoms with van der Waals surface area (Å²) in [5.41, 5.74) is 1.38. The fourth-order valence-corrected chi connectivity index (χ4v) is 2.92. The van der Waals surface area contributed by atoms with E-state index in [1.165, 1.54) is 28.9 Å². The number of hydrogen-bond donors (Lipinski definition) is 1. The minimum Gasteiger partial charge on any atom is -0.378 e. The van der Waals surface area contributed by atoms with Gasteiger partial charge in [0, 0.05) is 44.2 Å². The van der Waals surface area contributed by atoms with Gasteiger partial charge in [0.05, 0.1) is 4.92 Å². The van der Waals surface area contributed by atoms with Crippen LogP contribution in [0, 0.1) is 17.0 Å². The van der Waals surface area contributed by atoms with Gasteiger partial charge >= 0.3 is 0 Å². The molecule has 0 aliphatic carbocycles. The summed E-state index contributed by atoms with van der Waals surface area (Å²) in [6, 6.07) is 14.9. The number of aromatic nitrogens is 2. The molecule has 9 heteroatoms. The zero-order chi connectivity index (χ0) is 21.8. The molecule has 0 fully saturated rings. The van der Waals surface area contributed by atoms with Crippen LogP contribution in [-0.2, 0) is 6.54 Å². The molecule has 0 spiro atoms. The summed E-state index contributed by atoms with van der Waals surface area (Å²) in [5.74, 6) is -0.649. The zero-order valence-corrected chi connectivity index (χ0v) is 16.8. The zero-order valence-electron chi connectivity index (χ0n) is 16.8. The first-order chi connectivity index (χ1) is 14.3. The lowest BCUT2D eigenvalue weighted by Crippen LogP contribution is -2.31. The van der Waals surface area contributed by atoms with Crippen molar-refractivity contribution in [2.75, 3.05) is 19.0 Å². The number of carbonyl (C=O) groups is 1. The Hall–Kier alpha value is -4.01. The molecule has 1 N–H and O–H groups in total. The first-order valence-corrected chi connectivity index (χ1v) is 9.17. The number of nitro groups is 1. The van der Waals surface area contributed by atoms with Crippen LogP contribution in [0.4, 0.5) is 11.4 Å². The Morgan fingerprint density at radius 2 is 1.83 bits per heavy atom. The standard InChI is InChI=1S/C21H21N5O4/c1-14-12-19(27)20(23-25(14)17-6-4-5-7-18(17)26(29)30)21(28)22-13-15-8-10-16(11-9-15)24(2)3/h4-12H,13H2,1-3H3,(H,22,28). The summed E-state index contributed by atoms with van der Waals surface area (Å²) in [6.45, 7) is 1.81. The predicted octanol–water partition coefficient (Wildman–Crippen LogP) is 2.45. The minimum absolute atomic E-state index is 0.174. The quantitative estimate of drug-likeness (QED) is 0.496. The van der Waals surface area contributed by atoms with Crippen molar-refractivity contribution >= 4 is 17.3 Å². The van der Waals surface area contributed by atoms with Crippen LogP contribution in [0.5, 0.6) is 0 Å². The van der Waals surface area contributed by atoms with Gasteiger partial charge in [-0.25, -0.2) is 4.68 Å². The summed E-state index contributed by atoms with van der Waals surface area (Å²) in [6.07, 6.45) is 0. The molecule has 0 saturated carbocycles.